The highest BCUT2D eigenvalue weighted by atomic mass is 16.4. The maximum atomic E-state index is 11.6. The van der Waals surface area contributed by atoms with Crippen molar-refractivity contribution in [1.29, 1.82) is 0 Å². The average Bonchev–Trinajstić information content (AvgIpc) is 2.31. The van der Waals surface area contributed by atoms with Crippen molar-refractivity contribution in [2.75, 3.05) is 0 Å². The van der Waals surface area contributed by atoms with Gasteiger partial charge in [-0.1, -0.05) is 0 Å². The number of rotatable bonds is 3. The standard InChI is InChI=1S/C9H14N2O3/c1-5(2)11-9(14)7(4-8(12)13)6(3)10-11/h5,7H,4H2,1-3H3,(H,12,13). The molecule has 1 unspecified atom stereocenters. The second kappa shape index (κ2) is 3.77. The van der Waals surface area contributed by atoms with E-state index in [1.54, 1.807) is 6.92 Å². The van der Waals surface area contributed by atoms with E-state index in [2.05, 4.69) is 5.10 Å². The minimum absolute atomic E-state index is 0.0174. The first-order chi connectivity index (χ1) is 6.43. The summed E-state index contributed by atoms with van der Waals surface area (Å²) in [5, 5.41) is 14.0. The van der Waals surface area contributed by atoms with Crippen LogP contribution in [0.3, 0.4) is 0 Å². The van der Waals surface area contributed by atoms with E-state index in [4.69, 9.17) is 5.11 Å². The van der Waals surface area contributed by atoms with Gasteiger partial charge in [0.05, 0.1) is 12.3 Å². The third-order valence-corrected chi connectivity index (χ3v) is 2.16. The second-order valence-corrected chi connectivity index (χ2v) is 3.67. The zero-order chi connectivity index (χ0) is 10.9. The largest absolute Gasteiger partial charge is 0.481 e. The summed E-state index contributed by atoms with van der Waals surface area (Å²) in [5.74, 6) is -1.75. The summed E-state index contributed by atoms with van der Waals surface area (Å²) in [7, 11) is 0. The van der Waals surface area contributed by atoms with Crippen molar-refractivity contribution in [1.82, 2.24) is 5.01 Å². The molecule has 1 N–H and O–H groups in total. The molecule has 0 saturated heterocycles. The Bertz CT molecular complexity index is 296. The van der Waals surface area contributed by atoms with E-state index >= 15 is 0 Å². The lowest BCUT2D eigenvalue weighted by Gasteiger charge is -2.17. The number of carbonyl (C=O) groups excluding carboxylic acids is 1. The number of amides is 1. The van der Waals surface area contributed by atoms with Crippen LogP contribution in [0.1, 0.15) is 27.2 Å². The van der Waals surface area contributed by atoms with Crippen LogP contribution in [0.15, 0.2) is 5.10 Å². The highest BCUT2D eigenvalue weighted by Gasteiger charge is 2.35. The molecular formula is C9H14N2O3. The monoisotopic (exact) mass is 198 g/mol. The third kappa shape index (κ3) is 1.92. The first-order valence-electron chi connectivity index (χ1n) is 4.53. The number of nitrogens with zero attached hydrogens (tertiary/aromatic N) is 2. The third-order valence-electron chi connectivity index (χ3n) is 2.16. The Balaban J connectivity index is 2.78. The summed E-state index contributed by atoms with van der Waals surface area (Å²) in [6, 6.07) is -0.0174. The molecule has 0 saturated carbocycles. The van der Waals surface area contributed by atoms with E-state index in [1.165, 1.54) is 5.01 Å². The molecule has 1 heterocycles. The van der Waals surface area contributed by atoms with Gasteiger partial charge >= 0.3 is 5.97 Å². The molecule has 0 radical (unpaired) electrons. The quantitative estimate of drug-likeness (QED) is 0.725. The van der Waals surface area contributed by atoms with Crippen LogP contribution < -0.4 is 0 Å². The Hall–Kier alpha value is -1.39. The SMILES string of the molecule is CC1=NN(C(C)C)C(=O)C1CC(=O)O. The molecule has 1 aliphatic rings. The van der Waals surface area contributed by atoms with Crippen LogP contribution in [-0.4, -0.2) is 33.7 Å². The van der Waals surface area contributed by atoms with E-state index in [0.717, 1.165) is 0 Å². The van der Waals surface area contributed by atoms with E-state index in [-0.39, 0.29) is 18.4 Å². The summed E-state index contributed by atoms with van der Waals surface area (Å²) in [5.41, 5.74) is 0.589. The predicted octanol–water partition coefficient (Wildman–Crippen LogP) is 0.704. The van der Waals surface area contributed by atoms with E-state index < -0.39 is 11.9 Å². The lowest BCUT2D eigenvalue weighted by atomic mass is 10.0. The van der Waals surface area contributed by atoms with Crippen LogP contribution in [0.4, 0.5) is 0 Å². The summed E-state index contributed by atoms with van der Waals surface area (Å²) in [6.45, 7) is 5.38. The smallest absolute Gasteiger partial charge is 0.304 e. The molecule has 5 heteroatoms. The first-order valence-corrected chi connectivity index (χ1v) is 4.53. The van der Waals surface area contributed by atoms with Gasteiger partial charge in [0.15, 0.2) is 0 Å². The van der Waals surface area contributed by atoms with Crippen LogP contribution in [-0.2, 0) is 9.59 Å². The molecule has 0 fully saturated rings. The summed E-state index contributed by atoms with van der Waals surface area (Å²) < 4.78 is 0. The molecule has 1 amide bonds. The van der Waals surface area contributed by atoms with Gasteiger partial charge in [-0.25, -0.2) is 5.01 Å². The van der Waals surface area contributed by atoms with Crippen LogP contribution in [0.2, 0.25) is 0 Å². The topological polar surface area (TPSA) is 70.0 Å². The molecule has 5 nitrogen and oxygen atoms in total. The highest BCUT2D eigenvalue weighted by Crippen LogP contribution is 2.20. The normalized spacial score (nSPS) is 21.7. The molecule has 0 aromatic rings. The molecule has 0 spiro atoms. The van der Waals surface area contributed by atoms with Crippen molar-refractivity contribution in [3.05, 3.63) is 0 Å². The number of hydrazone groups is 1. The van der Waals surface area contributed by atoms with Gasteiger partial charge in [-0.2, -0.15) is 5.10 Å². The lowest BCUT2D eigenvalue weighted by molar-refractivity contribution is -0.142. The molecule has 1 aliphatic heterocycles. The van der Waals surface area contributed by atoms with Crippen molar-refractivity contribution in [3.8, 4) is 0 Å². The van der Waals surface area contributed by atoms with E-state index in [0.29, 0.717) is 5.71 Å². The number of carbonyl (C=O) groups is 2. The molecular weight excluding hydrogens is 184 g/mol. The number of hydrogen-bond acceptors (Lipinski definition) is 3. The average molecular weight is 198 g/mol. The maximum absolute atomic E-state index is 11.6. The van der Waals surface area contributed by atoms with Gasteiger partial charge in [0, 0.05) is 11.8 Å². The van der Waals surface area contributed by atoms with Gasteiger partial charge in [0.2, 0.25) is 0 Å². The maximum Gasteiger partial charge on any atom is 0.304 e. The number of carboxylic acids is 1. The summed E-state index contributed by atoms with van der Waals surface area (Å²) >= 11 is 0. The van der Waals surface area contributed by atoms with Gasteiger partial charge in [-0.3, -0.25) is 9.59 Å². The Labute approximate surface area is 82.4 Å². The summed E-state index contributed by atoms with van der Waals surface area (Å²) in [6.07, 6.45) is -0.169. The lowest BCUT2D eigenvalue weighted by Crippen LogP contribution is -2.33. The fraction of sp³-hybridized carbons (Fsp3) is 0.667. The minimum Gasteiger partial charge on any atom is -0.481 e. The minimum atomic E-state index is -0.969. The van der Waals surface area contributed by atoms with Crippen LogP contribution in [0, 0.1) is 5.92 Å². The highest BCUT2D eigenvalue weighted by molar-refractivity contribution is 6.08. The van der Waals surface area contributed by atoms with E-state index in [9.17, 15) is 9.59 Å². The second-order valence-electron chi connectivity index (χ2n) is 3.67. The van der Waals surface area contributed by atoms with Crippen molar-refractivity contribution in [2.45, 2.75) is 33.2 Å². The fourth-order valence-electron chi connectivity index (χ4n) is 1.41. The van der Waals surface area contributed by atoms with Crippen LogP contribution in [0.25, 0.3) is 0 Å². The van der Waals surface area contributed by atoms with Crippen LogP contribution >= 0.6 is 0 Å². The van der Waals surface area contributed by atoms with Gasteiger partial charge in [-0.05, 0) is 20.8 Å². The van der Waals surface area contributed by atoms with Crippen molar-refractivity contribution >= 4 is 17.6 Å². The van der Waals surface area contributed by atoms with Crippen molar-refractivity contribution in [3.63, 3.8) is 0 Å². The van der Waals surface area contributed by atoms with Gasteiger partial charge in [0.25, 0.3) is 5.91 Å². The zero-order valence-electron chi connectivity index (χ0n) is 8.52. The molecule has 0 aliphatic carbocycles. The first kappa shape index (κ1) is 10.7. The number of aliphatic carboxylic acids is 1. The molecule has 1 atom stereocenters. The van der Waals surface area contributed by atoms with Gasteiger partial charge in [-0.15, -0.1) is 0 Å². The van der Waals surface area contributed by atoms with Crippen molar-refractivity contribution < 1.29 is 14.7 Å². The summed E-state index contributed by atoms with van der Waals surface area (Å²) in [4.78, 5) is 22.1. The Morgan fingerprint density at radius 1 is 1.64 bits per heavy atom. The zero-order valence-corrected chi connectivity index (χ0v) is 8.52. The number of carboxylic acid groups (broad SMARTS) is 1. The predicted molar refractivity (Wildman–Crippen MR) is 50.8 cm³/mol. The molecule has 1 rings (SSSR count). The Morgan fingerprint density at radius 2 is 2.21 bits per heavy atom. The Kier molecular flexibility index (Phi) is 2.88. The molecule has 78 valence electrons. The molecule has 0 bridgehead atoms. The molecule has 0 aromatic carbocycles. The van der Waals surface area contributed by atoms with Gasteiger partial charge in [0.1, 0.15) is 0 Å². The van der Waals surface area contributed by atoms with E-state index in [1.807, 2.05) is 13.8 Å². The number of hydrogen-bond donors (Lipinski definition) is 1. The fourth-order valence-corrected chi connectivity index (χ4v) is 1.41. The van der Waals surface area contributed by atoms with Crippen LogP contribution in [0.5, 0.6) is 0 Å². The van der Waals surface area contributed by atoms with Crippen molar-refractivity contribution in [2.24, 2.45) is 11.0 Å². The molecule has 14 heavy (non-hydrogen) atoms. The molecule has 0 aromatic heterocycles. The Morgan fingerprint density at radius 3 is 2.57 bits per heavy atom. The van der Waals surface area contributed by atoms with Gasteiger partial charge < -0.3 is 5.11 Å².